The molecule has 0 saturated carbocycles. The maximum absolute atomic E-state index is 11.9. The summed E-state index contributed by atoms with van der Waals surface area (Å²) in [7, 11) is 4.01. The molecule has 3 N–H and O–H groups in total. The van der Waals surface area contributed by atoms with Gasteiger partial charge in [0.1, 0.15) is 0 Å². The van der Waals surface area contributed by atoms with Crippen LogP contribution in [0.4, 0.5) is 5.69 Å². The average molecular weight is 263 g/mol. The highest BCUT2D eigenvalue weighted by atomic mass is 16.1. The van der Waals surface area contributed by atoms with Gasteiger partial charge in [-0.25, -0.2) is 0 Å². The minimum atomic E-state index is -0.0638. The number of nitrogens with one attached hydrogen (secondary N) is 1. The summed E-state index contributed by atoms with van der Waals surface area (Å²) in [6.45, 7) is 3.04. The van der Waals surface area contributed by atoms with Gasteiger partial charge >= 0.3 is 0 Å². The molecule has 1 unspecified atom stereocenters. The molecule has 19 heavy (non-hydrogen) atoms. The van der Waals surface area contributed by atoms with Gasteiger partial charge in [-0.05, 0) is 24.1 Å². The van der Waals surface area contributed by atoms with Gasteiger partial charge < -0.3 is 16.0 Å². The molecule has 4 nitrogen and oxygen atoms in total. The maximum Gasteiger partial charge on any atom is 0.224 e. The highest BCUT2D eigenvalue weighted by Crippen LogP contribution is 2.12. The van der Waals surface area contributed by atoms with E-state index >= 15 is 0 Å². The number of rotatable bonds is 7. The van der Waals surface area contributed by atoms with Gasteiger partial charge in [-0.3, -0.25) is 4.79 Å². The molecular formula is C15H25N3O. The Labute approximate surface area is 116 Å². The third kappa shape index (κ3) is 4.91. The van der Waals surface area contributed by atoms with Crippen molar-refractivity contribution in [2.24, 2.45) is 11.7 Å². The fourth-order valence-electron chi connectivity index (χ4n) is 1.95. The predicted molar refractivity (Wildman–Crippen MR) is 80.1 cm³/mol. The fourth-order valence-corrected chi connectivity index (χ4v) is 1.95. The zero-order chi connectivity index (χ0) is 14.3. The number of hydrogen-bond acceptors (Lipinski definition) is 3. The lowest BCUT2D eigenvalue weighted by molar-refractivity contribution is -0.125. The van der Waals surface area contributed by atoms with Gasteiger partial charge in [0.25, 0.3) is 0 Å². The van der Waals surface area contributed by atoms with E-state index in [1.165, 1.54) is 0 Å². The van der Waals surface area contributed by atoms with Crippen LogP contribution >= 0.6 is 0 Å². The lowest BCUT2D eigenvalue weighted by atomic mass is 10.0. The third-order valence-electron chi connectivity index (χ3n) is 3.21. The molecule has 0 aliphatic carbocycles. The lowest BCUT2D eigenvalue weighted by Gasteiger charge is -2.15. The molecule has 0 saturated heterocycles. The Morgan fingerprint density at radius 2 is 1.95 bits per heavy atom. The molecule has 1 atom stereocenters. The van der Waals surface area contributed by atoms with Gasteiger partial charge in [-0.1, -0.05) is 25.5 Å². The highest BCUT2D eigenvalue weighted by Gasteiger charge is 2.14. The number of amides is 1. The molecule has 4 heteroatoms. The Morgan fingerprint density at radius 3 is 2.42 bits per heavy atom. The van der Waals surface area contributed by atoms with Crippen LogP contribution in [0.2, 0.25) is 0 Å². The third-order valence-corrected chi connectivity index (χ3v) is 3.21. The van der Waals surface area contributed by atoms with Crippen molar-refractivity contribution < 1.29 is 4.79 Å². The summed E-state index contributed by atoms with van der Waals surface area (Å²) < 4.78 is 0. The van der Waals surface area contributed by atoms with Crippen molar-refractivity contribution in [1.82, 2.24) is 5.32 Å². The van der Waals surface area contributed by atoms with Crippen molar-refractivity contribution in [3.63, 3.8) is 0 Å². The molecule has 1 aromatic carbocycles. The van der Waals surface area contributed by atoms with Crippen molar-refractivity contribution >= 4 is 11.6 Å². The van der Waals surface area contributed by atoms with Crippen LogP contribution in [0.1, 0.15) is 25.3 Å². The first-order chi connectivity index (χ1) is 9.08. The van der Waals surface area contributed by atoms with Gasteiger partial charge in [-0.2, -0.15) is 0 Å². The number of anilines is 1. The van der Waals surface area contributed by atoms with E-state index in [0.29, 0.717) is 13.1 Å². The molecule has 0 aliphatic heterocycles. The van der Waals surface area contributed by atoms with E-state index in [1.54, 1.807) is 0 Å². The maximum atomic E-state index is 11.9. The van der Waals surface area contributed by atoms with E-state index in [-0.39, 0.29) is 11.8 Å². The highest BCUT2D eigenvalue weighted by molar-refractivity contribution is 5.78. The van der Waals surface area contributed by atoms with E-state index in [9.17, 15) is 4.79 Å². The van der Waals surface area contributed by atoms with Crippen LogP contribution in [0.15, 0.2) is 24.3 Å². The first kappa shape index (κ1) is 15.5. The first-order valence-electron chi connectivity index (χ1n) is 6.82. The second kappa shape index (κ2) is 7.79. The number of benzene rings is 1. The molecule has 106 valence electrons. The van der Waals surface area contributed by atoms with Crippen LogP contribution in [0, 0.1) is 5.92 Å². The summed E-state index contributed by atoms with van der Waals surface area (Å²) in [5, 5.41) is 2.95. The molecule has 1 aromatic rings. The van der Waals surface area contributed by atoms with Crippen LogP contribution in [-0.2, 0) is 11.3 Å². The number of nitrogens with zero attached hydrogens (tertiary/aromatic N) is 1. The van der Waals surface area contributed by atoms with Gasteiger partial charge in [0.05, 0.1) is 5.92 Å². The first-order valence-corrected chi connectivity index (χ1v) is 6.82. The SMILES string of the molecule is CCCC(CN)C(=O)NCc1ccc(N(C)C)cc1. The molecule has 1 rings (SSSR count). The number of hydrogen-bond donors (Lipinski definition) is 2. The van der Waals surface area contributed by atoms with Gasteiger partial charge in [0.2, 0.25) is 5.91 Å². The van der Waals surface area contributed by atoms with Crippen LogP contribution in [-0.4, -0.2) is 26.5 Å². The Bertz CT molecular complexity index is 387. The van der Waals surface area contributed by atoms with Crippen LogP contribution in [0.5, 0.6) is 0 Å². The molecule has 0 aromatic heterocycles. The molecule has 0 spiro atoms. The summed E-state index contributed by atoms with van der Waals surface area (Å²) in [6, 6.07) is 8.17. The summed E-state index contributed by atoms with van der Waals surface area (Å²) >= 11 is 0. The molecule has 0 bridgehead atoms. The molecule has 1 amide bonds. The summed E-state index contributed by atoms with van der Waals surface area (Å²) in [5.74, 6) is -0.00733. The van der Waals surface area contributed by atoms with E-state index in [4.69, 9.17) is 5.73 Å². The van der Waals surface area contributed by atoms with Crippen molar-refractivity contribution in [1.29, 1.82) is 0 Å². The predicted octanol–water partition coefficient (Wildman–Crippen LogP) is 1.74. The van der Waals surface area contributed by atoms with Crippen molar-refractivity contribution in [3.05, 3.63) is 29.8 Å². The average Bonchev–Trinajstić information content (AvgIpc) is 2.42. The second-order valence-electron chi connectivity index (χ2n) is 5.00. The van der Waals surface area contributed by atoms with Gasteiger partial charge in [0, 0.05) is 32.9 Å². The summed E-state index contributed by atoms with van der Waals surface area (Å²) in [6.07, 6.45) is 1.83. The van der Waals surface area contributed by atoms with Gasteiger partial charge in [-0.15, -0.1) is 0 Å². The van der Waals surface area contributed by atoms with E-state index in [2.05, 4.69) is 12.2 Å². The monoisotopic (exact) mass is 263 g/mol. The van der Waals surface area contributed by atoms with Crippen LogP contribution < -0.4 is 16.0 Å². The van der Waals surface area contributed by atoms with Crippen molar-refractivity contribution in [2.45, 2.75) is 26.3 Å². The van der Waals surface area contributed by atoms with Gasteiger partial charge in [0.15, 0.2) is 0 Å². The smallest absolute Gasteiger partial charge is 0.224 e. The minimum Gasteiger partial charge on any atom is -0.378 e. The van der Waals surface area contributed by atoms with Crippen molar-refractivity contribution in [3.8, 4) is 0 Å². The largest absolute Gasteiger partial charge is 0.378 e. The van der Waals surface area contributed by atoms with E-state index in [0.717, 1.165) is 24.1 Å². The van der Waals surface area contributed by atoms with E-state index < -0.39 is 0 Å². The Kier molecular flexibility index (Phi) is 6.36. The standard InChI is InChI=1S/C15H25N3O/c1-4-5-13(10-16)15(19)17-11-12-6-8-14(9-7-12)18(2)3/h6-9,13H,4-5,10-11,16H2,1-3H3,(H,17,19). The van der Waals surface area contributed by atoms with E-state index in [1.807, 2.05) is 43.3 Å². The van der Waals surface area contributed by atoms with Crippen LogP contribution in [0.25, 0.3) is 0 Å². The lowest BCUT2D eigenvalue weighted by Crippen LogP contribution is -2.34. The normalized spacial score (nSPS) is 12.0. The zero-order valence-corrected chi connectivity index (χ0v) is 12.1. The number of carbonyl (C=O) groups excluding carboxylic acids is 1. The summed E-state index contributed by atoms with van der Waals surface area (Å²) in [5.41, 5.74) is 7.87. The fraction of sp³-hybridized carbons (Fsp3) is 0.533. The van der Waals surface area contributed by atoms with Crippen LogP contribution in [0.3, 0.4) is 0 Å². The Hall–Kier alpha value is -1.55. The molecule has 0 heterocycles. The zero-order valence-electron chi connectivity index (χ0n) is 12.1. The second-order valence-corrected chi connectivity index (χ2v) is 5.00. The summed E-state index contributed by atoms with van der Waals surface area (Å²) in [4.78, 5) is 14.0. The van der Waals surface area contributed by atoms with Crippen molar-refractivity contribution in [2.75, 3.05) is 25.5 Å². The molecule has 0 radical (unpaired) electrons. The minimum absolute atomic E-state index is 0.0565. The topological polar surface area (TPSA) is 58.4 Å². The Balaban J connectivity index is 2.49. The Morgan fingerprint density at radius 1 is 1.32 bits per heavy atom. The molecular weight excluding hydrogens is 238 g/mol. The number of carbonyl (C=O) groups is 1. The quantitative estimate of drug-likeness (QED) is 0.788. The molecule has 0 aliphatic rings. The molecule has 0 fully saturated rings. The number of nitrogens with two attached hydrogens (primary N) is 1.